The second-order valence-electron chi connectivity index (χ2n) is 6.05. The molecule has 4 aromatic rings. The van der Waals surface area contributed by atoms with Crippen molar-refractivity contribution in [3.05, 3.63) is 71.4 Å². The molecular weight excluding hydrogens is 362 g/mol. The predicted molar refractivity (Wildman–Crippen MR) is 103 cm³/mol. The van der Waals surface area contributed by atoms with E-state index in [-0.39, 0.29) is 12.3 Å². The van der Waals surface area contributed by atoms with Gasteiger partial charge in [-0.2, -0.15) is 0 Å². The van der Waals surface area contributed by atoms with Crippen LogP contribution in [-0.2, 0) is 16.1 Å². The summed E-state index contributed by atoms with van der Waals surface area (Å²) in [6, 6.07) is 12.0. The standard InChI is InChI=1S/C20H15N3O5/c1-2-19(24)27-10-9-22-12-15(14-5-3-4-6-17(14)22)20-21-16-8-7-13(23(25)26)11-18(16)28-20/h2-8,11-12H,1,9-10H2. The maximum Gasteiger partial charge on any atom is 0.330 e. The lowest BCUT2D eigenvalue weighted by Crippen LogP contribution is -2.08. The van der Waals surface area contributed by atoms with Crippen LogP contribution in [0.25, 0.3) is 33.5 Å². The van der Waals surface area contributed by atoms with E-state index in [0.29, 0.717) is 23.5 Å². The van der Waals surface area contributed by atoms with Gasteiger partial charge in [0.1, 0.15) is 12.1 Å². The number of rotatable bonds is 6. The Balaban J connectivity index is 1.74. The van der Waals surface area contributed by atoms with Gasteiger partial charge in [-0.25, -0.2) is 9.78 Å². The summed E-state index contributed by atoms with van der Waals surface area (Å²) >= 11 is 0. The number of fused-ring (bicyclic) bond motifs is 2. The summed E-state index contributed by atoms with van der Waals surface area (Å²) in [5.41, 5.74) is 2.52. The number of nitrogens with zero attached hydrogens (tertiary/aromatic N) is 3. The average Bonchev–Trinajstić information content (AvgIpc) is 3.28. The summed E-state index contributed by atoms with van der Waals surface area (Å²) in [6.07, 6.45) is 2.99. The summed E-state index contributed by atoms with van der Waals surface area (Å²) in [4.78, 5) is 26.2. The van der Waals surface area contributed by atoms with Gasteiger partial charge in [0.05, 0.1) is 23.1 Å². The fraction of sp³-hybridized carbons (Fsp3) is 0.100. The summed E-state index contributed by atoms with van der Waals surface area (Å²) in [7, 11) is 0. The van der Waals surface area contributed by atoms with Crippen molar-refractivity contribution in [2.24, 2.45) is 0 Å². The molecule has 0 fully saturated rings. The number of non-ortho nitro benzene ring substituents is 1. The van der Waals surface area contributed by atoms with E-state index >= 15 is 0 Å². The highest BCUT2D eigenvalue weighted by Crippen LogP contribution is 2.33. The van der Waals surface area contributed by atoms with Crippen molar-refractivity contribution in [1.29, 1.82) is 0 Å². The monoisotopic (exact) mass is 377 g/mol. The van der Waals surface area contributed by atoms with Crippen molar-refractivity contribution in [3.8, 4) is 11.5 Å². The minimum Gasteiger partial charge on any atom is -0.461 e. The third-order valence-electron chi connectivity index (χ3n) is 4.35. The number of benzene rings is 2. The highest BCUT2D eigenvalue weighted by molar-refractivity contribution is 5.95. The molecule has 2 heterocycles. The van der Waals surface area contributed by atoms with Gasteiger partial charge < -0.3 is 13.7 Å². The molecule has 0 aliphatic rings. The summed E-state index contributed by atoms with van der Waals surface area (Å²) < 4.78 is 12.8. The number of esters is 1. The zero-order valence-electron chi connectivity index (χ0n) is 14.7. The Morgan fingerprint density at radius 3 is 2.93 bits per heavy atom. The first-order valence-electron chi connectivity index (χ1n) is 8.49. The third kappa shape index (κ3) is 3.11. The van der Waals surface area contributed by atoms with E-state index in [1.807, 2.05) is 35.0 Å². The maximum absolute atomic E-state index is 11.2. The average molecular weight is 377 g/mol. The van der Waals surface area contributed by atoms with Crippen LogP contribution in [0.1, 0.15) is 0 Å². The molecule has 2 aromatic carbocycles. The molecular formula is C20H15N3O5. The first kappa shape index (κ1) is 17.5. The van der Waals surface area contributed by atoms with Crippen LogP contribution in [0.3, 0.4) is 0 Å². The Hall–Kier alpha value is -3.94. The maximum atomic E-state index is 11.2. The second-order valence-corrected chi connectivity index (χ2v) is 6.05. The number of nitro benzene ring substituents is 1. The first-order valence-corrected chi connectivity index (χ1v) is 8.49. The predicted octanol–water partition coefficient (Wildman–Crippen LogP) is 4.09. The van der Waals surface area contributed by atoms with Crippen molar-refractivity contribution in [2.45, 2.75) is 6.54 Å². The number of nitro groups is 1. The lowest BCUT2D eigenvalue weighted by molar-refractivity contribution is -0.384. The Labute approximate surface area is 158 Å². The second kappa shape index (κ2) is 6.99. The molecule has 0 amide bonds. The number of hydrogen-bond donors (Lipinski definition) is 0. The van der Waals surface area contributed by atoms with Gasteiger partial charge in [-0.05, 0) is 12.1 Å². The SMILES string of the molecule is C=CC(=O)OCCn1cc(-c2nc3ccc([N+](=O)[O-])cc3o2)c2ccccc21. The molecule has 4 rings (SSSR count). The fourth-order valence-electron chi connectivity index (χ4n) is 3.05. The normalized spacial score (nSPS) is 11.0. The summed E-state index contributed by atoms with van der Waals surface area (Å²) in [6.45, 7) is 4.02. The number of carbonyl (C=O) groups excluding carboxylic acids is 1. The Morgan fingerprint density at radius 1 is 1.32 bits per heavy atom. The smallest absolute Gasteiger partial charge is 0.330 e. The van der Waals surface area contributed by atoms with Gasteiger partial charge in [-0.1, -0.05) is 24.8 Å². The molecule has 0 spiro atoms. The molecule has 0 radical (unpaired) electrons. The van der Waals surface area contributed by atoms with Crippen LogP contribution in [0.4, 0.5) is 5.69 Å². The van der Waals surface area contributed by atoms with Crippen LogP contribution < -0.4 is 0 Å². The van der Waals surface area contributed by atoms with E-state index in [2.05, 4.69) is 11.6 Å². The van der Waals surface area contributed by atoms with E-state index < -0.39 is 10.9 Å². The Kier molecular flexibility index (Phi) is 4.36. The third-order valence-corrected chi connectivity index (χ3v) is 4.35. The van der Waals surface area contributed by atoms with Crippen molar-refractivity contribution in [3.63, 3.8) is 0 Å². The van der Waals surface area contributed by atoms with Crippen LogP contribution in [-0.4, -0.2) is 27.1 Å². The van der Waals surface area contributed by atoms with Crippen molar-refractivity contribution < 1.29 is 18.9 Å². The number of aromatic nitrogens is 2. The Bertz CT molecular complexity index is 1220. The number of para-hydroxylation sites is 1. The topological polar surface area (TPSA) is 100 Å². The highest BCUT2D eigenvalue weighted by Gasteiger charge is 2.17. The first-order chi connectivity index (χ1) is 13.6. The lowest BCUT2D eigenvalue weighted by Gasteiger charge is -2.05. The zero-order chi connectivity index (χ0) is 19.7. The van der Waals surface area contributed by atoms with Gasteiger partial charge in [0.25, 0.3) is 5.69 Å². The van der Waals surface area contributed by atoms with Crippen molar-refractivity contribution >= 4 is 33.7 Å². The molecule has 0 unspecified atom stereocenters. The molecule has 0 N–H and O–H groups in total. The van der Waals surface area contributed by atoms with Crippen LogP contribution in [0.15, 0.2) is 65.7 Å². The molecule has 28 heavy (non-hydrogen) atoms. The Morgan fingerprint density at radius 2 is 2.14 bits per heavy atom. The molecule has 0 bridgehead atoms. The van der Waals surface area contributed by atoms with Crippen LogP contribution in [0.2, 0.25) is 0 Å². The van der Waals surface area contributed by atoms with Gasteiger partial charge in [-0.15, -0.1) is 0 Å². The largest absolute Gasteiger partial charge is 0.461 e. The highest BCUT2D eigenvalue weighted by atomic mass is 16.6. The van der Waals surface area contributed by atoms with Crippen molar-refractivity contribution in [1.82, 2.24) is 9.55 Å². The van der Waals surface area contributed by atoms with E-state index in [4.69, 9.17) is 9.15 Å². The van der Waals surface area contributed by atoms with E-state index in [9.17, 15) is 14.9 Å². The molecule has 0 atom stereocenters. The van der Waals surface area contributed by atoms with Crippen LogP contribution >= 0.6 is 0 Å². The molecule has 8 heteroatoms. The molecule has 0 saturated carbocycles. The number of oxazole rings is 1. The van der Waals surface area contributed by atoms with Gasteiger partial charge in [0, 0.05) is 29.2 Å². The van der Waals surface area contributed by atoms with Crippen LogP contribution in [0, 0.1) is 10.1 Å². The molecule has 0 aliphatic heterocycles. The molecule has 0 saturated heterocycles. The minimum absolute atomic E-state index is 0.0540. The summed E-state index contributed by atoms with van der Waals surface area (Å²) in [5.74, 6) is -0.106. The van der Waals surface area contributed by atoms with Gasteiger partial charge in [-0.3, -0.25) is 10.1 Å². The minimum atomic E-state index is -0.475. The number of ether oxygens (including phenoxy) is 1. The van der Waals surface area contributed by atoms with E-state index in [1.54, 1.807) is 6.07 Å². The number of hydrogen-bond acceptors (Lipinski definition) is 6. The molecule has 140 valence electrons. The van der Waals surface area contributed by atoms with E-state index in [1.165, 1.54) is 12.1 Å². The van der Waals surface area contributed by atoms with Crippen molar-refractivity contribution in [2.75, 3.05) is 6.61 Å². The zero-order valence-corrected chi connectivity index (χ0v) is 14.7. The fourth-order valence-corrected chi connectivity index (χ4v) is 3.05. The quantitative estimate of drug-likeness (QED) is 0.217. The van der Waals surface area contributed by atoms with Crippen LogP contribution in [0.5, 0.6) is 0 Å². The van der Waals surface area contributed by atoms with Gasteiger partial charge in [0.15, 0.2) is 5.58 Å². The van der Waals surface area contributed by atoms with Gasteiger partial charge in [0.2, 0.25) is 5.89 Å². The molecule has 8 nitrogen and oxygen atoms in total. The lowest BCUT2D eigenvalue weighted by atomic mass is 10.2. The summed E-state index contributed by atoms with van der Waals surface area (Å²) in [5, 5.41) is 11.9. The number of carbonyl (C=O) groups is 1. The van der Waals surface area contributed by atoms with Gasteiger partial charge >= 0.3 is 5.97 Å². The molecule has 2 aromatic heterocycles. The molecule has 0 aliphatic carbocycles. The van der Waals surface area contributed by atoms with E-state index in [0.717, 1.165) is 22.5 Å².